The molecule has 2 nitrogen and oxygen atoms in total. The molecule has 2 fully saturated rings. The number of hydrogen-bond donors (Lipinski definition) is 0. The first kappa shape index (κ1) is 10.2. The molecule has 80 valence electrons. The molecule has 1 heterocycles. The average molecular weight is 196 g/mol. The van der Waals surface area contributed by atoms with Crippen molar-refractivity contribution in [1.29, 1.82) is 0 Å². The van der Waals surface area contributed by atoms with Crippen LogP contribution in [0.5, 0.6) is 0 Å². The third-order valence-electron chi connectivity index (χ3n) is 3.53. The minimum absolute atomic E-state index is 0.156. The standard InChI is InChI=1S/C12H20O2/c1-9-7-11(13)8-12(14-9)10-5-3-2-4-6-10/h9-10,12H,2-8H2,1H3/t9-,12-/m1/s1. The molecule has 2 aliphatic rings. The van der Waals surface area contributed by atoms with Crippen LogP contribution in [-0.2, 0) is 9.53 Å². The Balaban J connectivity index is 1.91. The second-order valence-corrected chi connectivity index (χ2v) is 4.83. The Morgan fingerprint density at radius 2 is 1.86 bits per heavy atom. The van der Waals surface area contributed by atoms with Crippen molar-refractivity contribution in [3.8, 4) is 0 Å². The highest BCUT2D eigenvalue weighted by Crippen LogP contribution is 2.32. The lowest BCUT2D eigenvalue weighted by atomic mass is 9.82. The van der Waals surface area contributed by atoms with E-state index in [1.807, 2.05) is 6.92 Å². The van der Waals surface area contributed by atoms with Crippen LogP contribution in [-0.4, -0.2) is 18.0 Å². The molecule has 0 N–H and O–H groups in total. The van der Waals surface area contributed by atoms with Crippen molar-refractivity contribution >= 4 is 5.78 Å². The fraction of sp³-hybridized carbons (Fsp3) is 0.917. The number of ether oxygens (including phenoxy) is 1. The first-order valence-electron chi connectivity index (χ1n) is 5.93. The van der Waals surface area contributed by atoms with E-state index in [2.05, 4.69) is 0 Å². The highest BCUT2D eigenvalue weighted by Gasteiger charge is 2.31. The summed E-state index contributed by atoms with van der Waals surface area (Å²) in [5.74, 6) is 1.06. The fourth-order valence-corrected chi connectivity index (χ4v) is 2.81. The summed E-state index contributed by atoms with van der Waals surface area (Å²) in [6.07, 6.45) is 8.26. The first-order chi connectivity index (χ1) is 6.75. The normalized spacial score (nSPS) is 35.9. The molecule has 14 heavy (non-hydrogen) atoms. The Morgan fingerprint density at radius 3 is 2.50 bits per heavy atom. The van der Waals surface area contributed by atoms with E-state index in [0.717, 1.165) is 0 Å². The molecule has 0 unspecified atom stereocenters. The highest BCUT2D eigenvalue weighted by molar-refractivity contribution is 5.80. The van der Waals surface area contributed by atoms with Gasteiger partial charge in [0, 0.05) is 12.8 Å². The van der Waals surface area contributed by atoms with E-state index in [1.54, 1.807) is 0 Å². The van der Waals surface area contributed by atoms with Crippen LogP contribution in [0.15, 0.2) is 0 Å². The zero-order valence-electron chi connectivity index (χ0n) is 9.00. The molecule has 2 rings (SSSR count). The average Bonchev–Trinajstić information content (AvgIpc) is 2.18. The van der Waals surface area contributed by atoms with Crippen LogP contribution in [0.25, 0.3) is 0 Å². The SMILES string of the molecule is C[C@@H]1CC(=O)C[C@H](C2CCCCC2)O1. The minimum Gasteiger partial charge on any atom is -0.374 e. The van der Waals surface area contributed by atoms with E-state index in [1.165, 1.54) is 32.1 Å². The number of ketones is 1. The molecule has 0 aromatic heterocycles. The summed E-state index contributed by atoms with van der Waals surface area (Å²) in [7, 11) is 0. The molecule has 2 heteroatoms. The molecule has 0 aromatic rings. The van der Waals surface area contributed by atoms with Crippen molar-refractivity contribution in [2.75, 3.05) is 0 Å². The van der Waals surface area contributed by atoms with Gasteiger partial charge in [0.1, 0.15) is 5.78 Å². The maximum atomic E-state index is 11.4. The van der Waals surface area contributed by atoms with Crippen molar-refractivity contribution in [2.45, 2.75) is 64.1 Å². The molecule has 1 saturated carbocycles. The Morgan fingerprint density at radius 1 is 1.14 bits per heavy atom. The van der Waals surface area contributed by atoms with Gasteiger partial charge in [0.25, 0.3) is 0 Å². The summed E-state index contributed by atoms with van der Waals surface area (Å²) in [6.45, 7) is 2.02. The Bertz CT molecular complexity index is 206. The monoisotopic (exact) mass is 196 g/mol. The Hall–Kier alpha value is -0.370. The highest BCUT2D eigenvalue weighted by atomic mass is 16.5. The summed E-state index contributed by atoms with van der Waals surface area (Å²) in [5.41, 5.74) is 0. The van der Waals surface area contributed by atoms with E-state index < -0.39 is 0 Å². The van der Waals surface area contributed by atoms with Crippen LogP contribution in [0.1, 0.15) is 51.9 Å². The smallest absolute Gasteiger partial charge is 0.138 e. The maximum Gasteiger partial charge on any atom is 0.138 e. The van der Waals surface area contributed by atoms with Crippen molar-refractivity contribution in [3.05, 3.63) is 0 Å². The van der Waals surface area contributed by atoms with E-state index in [4.69, 9.17) is 4.74 Å². The van der Waals surface area contributed by atoms with Gasteiger partial charge in [0.2, 0.25) is 0 Å². The van der Waals surface area contributed by atoms with Crippen molar-refractivity contribution < 1.29 is 9.53 Å². The van der Waals surface area contributed by atoms with Crippen LogP contribution in [0.2, 0.25) is 0 Å². The maximum absolute atomic E-state index is 11.4. The topological polar surface area (TPSA) is 26.3 Å². The summed E-state index contributed by atoms with van der Waals surface area (Å²) >= 11 is 0. The molecular weight excluding hydrogens is 176 g/mol. The van der Waals surface area contributed by atoms with Crippen LogP contribution in [0.3, 0.4) is 0 Å². The van der Waals surface area contributed by atoms with E-state index in [9.17, 15) is 4.79 Å². The number of carbonyl (C=O) groups is 1. The fourth-order valence-electron chi connectivity index (χ4n) is 2.81. The molecule has 0 aromatic carbocycles. The van der Waals surface area contributed by atoms with Crippen molar-refractivity contribution in [2.24, 2.45) is 5.92 Å². The van der Waals surface area contributed by atoms with Crippen molar-refractivity contribution in [1.82, 2.24) is 0 Å². The van der Waals surface area contributed by atoms with Gasteiger partial charge < -0.3 is 4.74 Å². The van der Waals surface area contributed by atoms with Gasteiger partial charge in [0.15, 0.2) is 0 Å². The zero-order valence-corrected chi connectivity index (χ0v) is 9.00. The lowest BCUT2D eigenvalue weighted by Gasteiger charge is -2.35. The third-order valence-corrected chi connectivity index (χ3v) is 3.53. The Labute approximate surface area is 86.0 Å². The van der Waals surface area contributed by atoms with E-state index in [-0.39, 0.29) is 12.2 Å². The largest absolute Gasteiger partial charge is 0.374 e. The summed E-state index contributed by atoms with van der Waals surface area (Å²) < 4.78 is 5.88. The summed E-state index contributed by atoms with van der Waals surface area (Å²) in [5, 5.41) is 0. The molecule has 0 amide bonds. The predicted octanol–water partition coefficient (Wildman–Crippen LogP) is 2.70. The molecule has 2 atom stereocenters. The second-order valence-electron chi connectivity index (χ2n) is 4.83. The van der Waals surface area contributed by atoms with Crippen LogP contribution in [0, 0.1) is 5.92 Å². The first-order valence-corrected chi connectivity index (χ1v) is 5.93. The van der Waals surface area contributed by atoms with Gasteiger partial charge in [-0.1, -0.05) is 19.3 Å². The summed E-state index contributed by atoms with van der Waals surface area (Å²) in [6, 6.07) is 0. The number of Topliss-reactive ketones (excluding diaryl/α,β-unsaturated/α-hetero) is 1. The molecule has 0 spiro atoms. The molecule has 0 radical (unpaired) electrons. The lowest BCUT2D eigenvalue weighted by molar-refractivity contribution is -0.139. The minimum atomic E-state index is 0.156. The van der Waals surface area contributed by atoms with Gasteiger partial charge in [-0.2, -0.15) is 0 Å². The van der Waals surface area contributed by atoms with E-state index in [0.29, 0.717) is 24.5 Å². The van der Waals surface area contributed by atoms with Crippen molar-refractivity contribution in [3.63, 3.8) is 0 Å². The van der Waals surface area contributed by atoms with Crippen LogP contribution in [0.4, 0.5) is 0 Å². The summed E-state index contributed by atoms with van der Waals surface area (Å²) in [4.78, 5) is 11.4. The molecule has 1 aliphatic heterocycles. The third kappa shape index (κ3) is 2.35. The molecule has 0 bridgehead atoms. The Kier molecular flexibility index (Phi) is 3.22. The van der Waals surface area contributed by atoms with Gasteiger partial charge in [-0.05, 0) is 25.7 Å². The zero-order chi connectivity index (χ0) is 9.97. The van der Waals surface area contributed by atoms with Gasteiger partial charge >= 0.3 is 0 Å². The van der Waals surface area contributed by atoms with Gasteiger partial charge in [-0.15, -0.1) is 0 Å². The second kappa shape index (κ2) is 4.43. The predicted molar refractivity (Wildman–Crippen MR) is 55.2 cm³/mol. The van der Waals surface area contributed by atoms with Gasteiger partial charge in [0.05, 0.1) is 12.2 Å². The number of carbonyl (C=O) groups excluding carboxylic acids is 1. The van der Waals surface area contributed by atoms with Crippen LogP contribution >= 0.6 is 0 Å². The number of hydrogen-bond acceptors (Lipinski definition) is 2. The van der Waals surface area contributed by atoms with E-state index >= 15 is 0 Å². The van der Waals surface area contributed by atoms with Gasteiger partial charge in [-0.25, -0.2) is 0 Å². The lowest BCUT2D eigenvalue weighted by Crippen LogP contribution is -2.37. The molecule has 1 saturated heterocycles. The molecule has 1 aliphatic carbocycles. The van der Waals surface area contributed by atoms with Gasteiger partial charge in [-0.3, -0.25) is 4.79 Å². The van der Waals surface area contributed by atoms with Crippen LogP contribution < -0.4 is 0 Å². The number of rotatable bonds is 1. The molecular formula is C12H20O2. The quantitative estimate of drug-likeness (QED) is 0.644.